The van der Waals surface area contributed by atoms with E-state index in [0.29, 0.717) is 24.2 Å². The fourth-order valence-electron chi connectivity index (χ4n) is 4.15. The van der Waals surface area contributed by atoms with Crippen LogP contribution in [0.15, 0.2) is 89.7 Å². The molecule has 0 saturated heterocycles. The van der Waals surface area contributed by atoms with Crippen molar-refractivity contribution < 1.29 is 14.7 Å². The zero-order valence-electron chi connectivity index (χ0n) is 20.8. The molecule has 0 bridgehead atoms. The van der Waals surface area contributed by atoms with Crippen LogP contribution >= 0.6 is 0 Å². The van der Waals surface area contributed by atoms with Crippen LogP contribution in [0.5, 0.6) is 0 Å². The number of aromatic nitrogens is 1. The minimum absolute atomic E-state index is 0.0652. The zero-order chi connectivity index (χ0) is 26.5. The normalized spacial score (nSPS) is 11.7. The number of nitrogens with two attached hydrogens (primary N) is 1. The van der Waals surface area contributed by atoms with E-state index in [4.69, 9.17) is 5.73 Å². The molecule has 0 radical (unpaired) electrons. The summed E-state index contributed by atoms with van der Waals surface area (Å²) in [6, 6.07) is 24.0. The quantitative estimate of drug-likeness (QED) is 0.302. The summed E-state index contributed by atoms with van der Waals surface area (Å²) in [7, 11) is 0. The standard InChI is InChI=1S/C30H29N3O4/c1-19-8-11-23(16-20(19)2)28(35)25-14-15-27(34)33(29(25)31)24-12-9-22(10-13-24)18-32-26(30(36)37)17-21-6-4-3-5-7-21/h3-16,26,32H,17-18,31H2,1-2H3,(H,36,37)/t26-/m0/s1. The van der Waals surface area contributed by atoms with Crippen molar-refractivity contribution in [3.05, 3.63) is 129 Å². The summed E-state index contributed by atoms with van der Waals surface area (Å²) in [5, 5.41) is 12.7. The van der Waals surface area contributed by atoms with Gasteiger partial charge in [0.1, 0.15) is 11.9 Å². The molecule has 7 nitrogen and oxygen atoms in total. The van der Waals surface area contributed by atoms with Crippen molar-refractivity contribution in [2.45, 2.75) is 32.9 Å². The second-order valence-corrected chi connectivity index (χ2v) is 9.06. The van der Waals surface area contributed by atoms with Gasteiger partial charge in [0.05, 0.1) is 11.3 Å². The van der Waals surface area contributed by atoms with E-state index in [2.05, 4.69) is 5.32 Å². The van der Waals surface area contributed by atoms with Gasteiger partial charge in [0.15, 0.2) is 5.78 Å². The summed E-state index contributed by atoms with van der Waals surface area (Å²) in [5.74, 6) is -1.12. The van der Waals surface area contributed by atoms with Crippen LogP contribution in [0, 0.1) is 13.8 Å². The van der Waals surface area contributed by atoms with Gasteiger partial charge in [0.25, 0.3) is 5.56 Å². The number of nitrogens with one attached hydrogen (secondary N) is 1. The molecule has 188 valence electrons. The first kappa shape index (κ1) is 25.6. The highest BCUT2D eigenvalue weighted by Gasteiger charge is 2.19. The average Bonchev–Trinajstić information content (AvgIpc) is 2.89. The van der Waals surface area contributed by atoms with Gasteiger partial charge in [-0.2, -0.15) is 0 Å². The number of nitrogens with zero attached hydrogens (tertiary/aromatic N) is 1. The van der Waals surface area contributed by atoms with Crippen LogP contribution in [0.25, 0.3) is 5.69 Å². The molecular weight excluding hydrogens is 466 g/mol. The maximum atomic E-state index is 13.2. The Balaban J connectivity index is 1.53. The molecule has 0 saturated carbocycles. The lowest BCUT2D eigenvalue weighted by molar-refractivity contribution is -0.139. The number of anilines is 1. The van der Waals surface area contributed by atoms with E-state index in [0.717, 1.165) is 22.3 Å². The van der Waals surface area contributed by atoms with Crippen LogP contribution < -0.4 is 16.6 Å². The zero-order valence-corrected chi connectivity index (χ0v) is 20.8. The van der Waals surface area contributed by atoms with E-state index < -0.39 is 12.0 Å². The minimum Gasteiger partial charge on any atom is -0.480 e. The number of benzene rings is 3. The molecule has 1 heterocycles. The van der Waals surface area contributed by atoms with Gasteiger partial charge in [-0.05, 0) is 66.8 Å². The largest absolute Gasteiger partial charge is 0.480 e. The molecule has 1 atom stereocenters. The molecule has 37 heavy (non-hydrogen) atoms. The lowest BCUT2D eigenvalue weighted by Gasteiger charge is -2.16. The van der Waals surface area contributed by atoms with E-state index >= 15 is 0 Å². The summed E-state index contributed by atoms with van der Waals surface area (Å²) in [5.41, 5.74) is 11.1. The molecule has 0 fully saturated rings. The lowest BCUT2D eigenvalue weighted by atomic mass is 9.99. The van der Waals surface area contributed by atoms with Crippen molar-refractivity contribution >= 4 is 17.6 Å². The highest BCUT2D eigenvalue weighted by molar-refractivity contribution is 6.11. The summed E-state index contributed by atoms with van der Waals surface area (Å²) < 4.78 is 1.31. The summed E-state index contributed by atoms with van der Waals surface area (Å²) in [6.07, 6.45) is 0.363. The Morgan fingerprint density at radius 1 is 0.892 bits per heavy atom. The van der Waals surface area contributed by atoms with Crippen LogP contribution in [0.2, 0.25) is 0 Å². The van der Waals surface area contributed by atoms with Crippen molar-refractivity contribution in [2.24, 2.45) is 0 Å². The molecule has 0 aliphatic heterocycles. The Hall–Kier alpha value is -4.49. The van der Waals surface area contributed by atoms with Gasteiger partial charge in [-0.15, -0.1) is 0 Å². The van der Waals surface area contributed by atoms with Crippen LogP contribution in [-0.4, -0.2) is 27.5 Å². The number of carbonyl (C=O) groups excluding carboxylic acids is 1. The summed E-state index contributed by atoms with van der Waals surface area (Å²) >= 11 is 0. The van der Waals surface area contributed by atoms with Crippen molar-refractivity contribution in [3.63, 3.8) is 0 Å². The Morgan fingerprint density at radius 3 is 2.24 bits per heavy atom. The van der Waals surface area contributed by atoms with Gasteiger partial charge >= 0.3 is 5.97 Å². The summed E-state index contributed by atoms with van der Waals surface area (Å²) in [4.78, 5) is 37.6. The number of hydrogen-bond donors (Lipinski definition) is 3. The molecule has 0 unspecified atom stereocenters. The van der Waals surface area contributed by atoms with E-state index in [1.807, 2.05) is 56.3 Å². The smallest absolute Gasteiger partial charge is 0.321 e. The number of aryl methyl sites for hydroxylation is 2. The second kappa shape index (κ2) is 11.1. The van der Waals surface area contributed by atoms with Crippen LogP contribution in [0.3, 0.4) is 0 Å². The van der Waals surface area contributed by atoms with Gasteiger partial charge in [0, 0.05) is 18.2 Å². The highest BCUT2D eigenvalue weighted by Crippen LogP contribution is 2.21. The third-order valence-electron chi connectivity index (χ3n) is 6.47. The first-order valence-corrected chi connectivity index (χ1v) is 12.0. The van der Waals surface area contributed by atoms with E-state index in [1.165, 1.54) is 16.7 Å². The lowest BCUT2D eigenvalue weighted by Crippen LogP contribution is -2.38. The minimum atomic E-state index is -0.926. The molecule has 0 aliphatic rings. The third-order valence-corrected chi connectivity index (χ3v) is 6.47. The number of nitrogen functional groups attached to an aromatic ring is 1. The van der Waals surface area contributed by atoms with Crippen LogP contribution in [0.1, 0.15) is 38.2 Å². The molecular formula is C30H29N3O4. The van der Waals surface area contributed by atoms with Crippen molar-refractivity contribution in [3.8, 4) is 5.69 Å². The first-order chi connectivity index (χ1) is 17.7. The fourth-order valence-corrected chi connectivity index (χ4v) is 4.15. The number of pyridine rings is 1. The fraction of sp³-hybridized carbons (Fsp3) is 0.167. The van der Waals surface area contributed by atoms with Gasteiger partial charge in [-0.3, -0.25) is 19.0 Å². The molecule has 7 heteroatoms. The van der Waals surface area contributed by atoms with E-state index in [9.17, 15) is 19.5 Å². The highest BCUT2D eigenvalue weighted by atomic mass is 16.4. The monoisotopic (exact) mass is 495 g/mol. The average molecular weight is 496 g/mol. The number of aliphatic carboxylic acids is 1. The van der Waals surface area contributed by atoms with Gasteiger partial charge in [-0.25, -0.2) is 0 Å². The SMILES string of the molecule is Cc1ccc(C(=O)c2ccc(=O)n(-c3ccc(CN[C@@H](Cc4ccccc4)C(=O)O)cc3)c2N)cc1C. The molecule has 1 aromatic heterocycles. The number of carboxylic acids is 1. The maximum absolute atomic E-state index is 13.2. The Kier molecular flexibility index (Phi) is 7.65. The van der Waals surface area contributed by atoms with E-state index in [1.54, 1.807) is 30.3 Å². The number of hydrogen-bond acceptors (Lipinski definition) is 5. The van der Waals surface area contributed by atoms with Crippen molar-refractivity contribution in [1.82, 2.24) is 9.88 Å². The van der Waals surface area contributed by atoms with Crippen LogP contribution in [-0.2, 0) is 17.8 Å². The molecule has 4 N–H and O–H groups in total. The van der Waals surface area contributed by atoms with Gasteiger partial charge in [-0.1, -0.05) is 54.6 Å². The number of carbonyl (C=O) groups is 2. The van der Waals surface area contributed by atoms with E-state index in [-0.39, 0.29) is 22.7 Å². The van der Waals surface area contributed by atoms with Crippen LogP contribution in [0.4, 0.5) is 5.82 Å². The molecule has 0 aliphatic carbocycles. The Labute approximate surface area is 215 Å². The molecule has 0 spiro atoms. The third kappa shape index (κ3) is 5.85. The molecule has 4 aromatic rings. The predicted molar refractivity (Wildman–Crippen MR) is 144 cm³/mol. The van der Waals surface area contributed by atoms with Crippen molar-refractivity contribution in [2.75, 3.05) is 5.73 Å². The maximum Gasteiger partial charge on any atom is 0.321 e. The first-order valence-electron chi connectivity index (χ1n) is 12.0. The topological polar surface area (TPSA) is 114 Å². The predicted octanol–water partition coefficient (Wildman–Crippen LogP) is 4.05. The molecule has 0 amide bonds. The number of carboxylic acid groups (broad SMARTS) is 1. The van der Waals surface area contributed by atoms with Gasteiger partial charge in [0.2, 0.25) is 0 Å². The van der Waals surface area contributed by atoms with Gasteiger partial charge < -0.3 is 16.2 Å². The number of ketones is 1. The Bertz CT molecular complexity index is 1490. The van der Waals surface area contributed by atoms with Crippen molar-refractivity contribution in [1.29, 1.82) is 0 Å². The molecule has 4 rings (SSSR count). The molecule has 3 aromatic carbocycles. The Morgan fingerprint density at radius 2 is 1.59 bits per heavy atom. The second-order valence-electron chi connectivity index (χ2n) is 9.06. The summed E-state index contributed by atoms with van der Waals surface area (Å²) in [6.45, 7) is 4.25. The number of rotatable bonds is 9.